The monoisotopic (exact) mass is 357 g/mol. The molecule has 0 saturated heterocycles. The van der Waals surface area contributed by atoms with Crippen LogP contribution in [0.2, 0.25) is 0 Å². The summed E-state index contributed by atoms with van der Waals surface area (Å²) in [5, 5.41) is 0. The van der Waals surface area contributed by atoms with Gasteiger partial charge in [-0.25, -0.2) is 0 Å². The normalized spacial score (nSPS) is 10.5. The minimum Gasteiger partial charge on any atom is -0.495 e. The Morgan fingerprint density at radius 3 is 2.62 bits per heavy atom. The third kappa shape index (κ3) is 4.46. The van der Waals surface area contributed by atoms with Crippen LogP contribution >= 0.6 is 0 Å². The van der Waals surface area contributed by atoms with E-state index in [9.17, 15) is 4.79 Å². The smallest absolute Gasteiger partial charge is 0.260 e. The van der Waals surface area contributed by atoms with Crippen molar-refractivity contribution in [3.8, 4) is 11.5 Å². The second-order valence-corrected chi connectivity index (χ2v) is 6.10. The van der Waals surface area contributed by atoms with Crippen molar-refractivity contribution in [2.24, 2.45) is 5.73 Å². The van der Waals surface area contributed by atoms with Crippen LogP contribution in [0.3, 0.4) is 0 Å². The maximum absolute atomic E-state index is 13.0. The van der Waals surface area contributed by atoms with E-state index in [1.54, 1.807) is 30.1 Å². The van der Waals surface area contributed by atoms with Crippen LogP contribution in [0.4, 0.5) is 11.4 Å². The summed E-state index contributed by atoms with van der Waals surface area (Å²) in [7, 11) is 3.23. The Morgan fingerprint density at radius 2 is 1.92 bits per heavy atom. The zero-order valence-corrected chi connectivity index (χ0v) is 15.6. The Hall–Kier alpha value is -2.73. The summed E-state index contributed by atoms with van der Waals surface area (Å²) < 4.78 is 11.1. The van der Waals surface area contributed by atoms with Crippen molar-refractivity contribution < 1.29 is 14.3 Å². The van der Waals surface area contributed by atoms with Crippen LogP contribution < -0.4 is 25.8 Å². The molecule has 6 heteroatoms. The molecule has 6 nitrogen and oxygen atoms in total. The van der Waals surface area contributed by atoms with Gasteiger partial charge in [-0.05, 0) is 56.1 Å². The Kier molecular flexibility index (Phi) is 6.86. The molecular weight excluding hydrogens is 330 g/mol. The van der Waals surface area contributed by atoms with Crippen molar-refractivity contribution in [2.45, 2.75) is 19.8 Å². The molecule has 0 aliphatic rings. The van der Waals surface area contributed by atoms with E-state index in [0.717, 1.165) is 18.4 Å². The SMILES string of the molecule is COc1cccc(C(=O)N(C)c2ccc(C)cc2OCCCCN)c1N. The van der Waals surface area contributed by atoms with E-state index in [0.29, 0.717) is 41.6 Å². The fraction of sp³-hybridized carbons (Fsp3) is 0.350. The fourth-order valence-electron chi connectivity index (χ4n) is 2.64. The number of benzene rings is 2. The van der Waals surface area contributed by atoms with E-state index >= 15 is 0 Å². The molecule has 0 aliphatic carbocycles. The third-order valence-electron chi connectivity index (χ3n) is 4.15. The minimum absolute atomic E-state index is 0.225. The zero-order valence-electron chi connectivity index (χ0n) is 15.6. The number of anilines is 2. The molecule has 0 bridgehead atoms. The van der Waals surface area contributed by atoms with E-state index in [1.807, 2.05) is 25.1 Å². The number of nitrogens with two attached hydrogens (primary N) is 2. The van der Waals surface area contributed by atoms with Crippen LogP contribution in [-0.4, -0.2) is 33.2 Å². The standard InChI is InChI=1S/C20H27N3O3/c1-14-9-10-16(18(13-14)26-12-5-4-11-21)23(2)20(24)15-7-6-8-17(25-3)19(15)22/h6-10,13H,4-5,11-12,21-22H2,1-3H3. The minimum atomic E-state index is -0.225. The lowest BCUT2D eigenvalue weighted by Gasteiger charge is -2.22. The van der Waals surface area contributed by atoms with Gasteiger partial charge < -0.3 is 25.8 Å². The summed E-state index contributed by atoms with van der Waals surface area (Å²) >= 11 is 0. The van der Waals surface area contributed by atoms with Crippen molar-refractivity contribution in [3.63, 3.8) is 0 Å². The van der Waals surface area contributed by atoms with E-state index in [1.165, 1.54) is 7.11 Å². The third-order valence-corrected chi connectivity index (χ3v) is 4.15. The van der Waals surface area contributed by atoms with Crippen LogP contribution in [0, 0.1) is 6.92 Å². The van der Waals surface area contributed by atoms with Crippen LogP contribution in [-0.2, 0) is 0 Å². The maximum atomic E-state index is 13.0. The van der Waals surface area contributed by atoms with Gasteiger partial charge in [-0.3, -0.25) is 4.79 Å². The molecule has 2 rings (SSSR count). The first-order valence-corrected chi connectivity index (χ1v) is 8.63. The van der Waals surface area contributed by atoms with Crippen molar-refractivity contribution in [3.05, 3.63) is 47.5 Å². The van der Waals surface area contributed by atoms with Gasteiger partial charge >= 0.3 is 0 Å². The lowest BCUT2D eigenvalue weighted by molar-refractivity contribution is 0.0992. The van der Waals surface area contributed by atoms with E-state index in [4.69, 9.17) is 20.9 Å². The van der Waals surface area contributed by atoms with Gasteiger partial charge in [0, 0.05) is 7.05 Å². The summed E-state index contributed by atoms with van der Waals surface area (Å²) in [4.78, 5) is 14.5. The first-order chi connectivity index (χ1) is 12.5. The average molecular weight is 357 g/mol. The Bertz CT molecular complexity index is 762. The van der Waals surface area contributed by atoms with Gasteiger partial charge in [0.15, 0.2) is 0 Å². The number of para-hydroxylation sites is 1. The van der Waals surface area contributed by atoms with Crippen LogP contribution in [0.1, 0.15) is 28.8 Å². The van der Waals surface area contributed by atoms with Gasteiger partial charge in [0.1, 0.15) is 11.5 Å². The molecule has 2 aromatic rings. The van der Waals surface area contributed by atoms with Gasteiger partial charge in [-0.1, -0.05) is 12.1 Å². The quantitative estimate of drug-likeness (QED) is 0.560. The lowest BCUT2D eigenvalue weighted by Crippen LogP contribution is -2.27. The van der Waals surface area contributed by atoms with Crippen molar-refractivity contribution in [1.29, 1.82) is 0 Å². The van der Waals surface area contributed by atoms with Crippen molar-refractivity contribution in [1.82, 2.24) is 0 Å². The summed E-state index contributed by atoms with van der Waals surface area (Å²) in [6.07, 6.45) is 1.76. The van der Waals surface area contributed by atoms with E-state index in [2.05, 4.69) is 0 Å². The van der Waals surface area contributed by atoms with Gasteiger partial charge in [0.25, 0.3) is 5.91 Å². The highest BCUT2D eigenvalue weighted by molar-refractivity contribution is 6.10. The number of carbonyl (C=O) groups is 1. The maximum Gasteiger partial charge on any atom is 0.260 e. The van der Waals surface area contributed by atoms with Gasteiger partial charge in [-0.15, -0.1) is 0 Å². The molecule has 0 radical (unpaired) electrons. The highest BCUT2D eigenvalue weighted by Crippen LogP contribution is 2.32. The molecule has 0 unspecified atom stereocenters. The van der Waals surface area contributed by atoms with Crippen molar-refractivity contribution >= 4 is 17.3 Å². The molecular formula is C20H27N3O3. The number of hydrogen-bond acceptors (Lipinski definition) is 5. The van der Waals surface area contributed by atoms with Crippen LogP contribution in [0.5, 0.6) is 11.5 Å². The highest BCUT2D eigenvalue weighted by atomic mass is 16.5. The molecule has 0 atom stereocenters. The summed E-state index contributed by atoms with van der Waals surface area (Å²) in [6.45, 7) is 3.17. The number of carbonyl (C=O) groups excluding carboxylic acids is 1. The molecule has 140 valence electrons. The predicted octanol–water partition coefficient (Wildman–Crippen LogP) is 2.98. The summed E-state index contributed by atoms with van der Waals surface area (Å²) in [5.74, 6) is 0.919. The van der Waals surface area contributed by atoms with Gasteiger partial charge in [0.2, 0.25) is 0 Å². The number of methoxy groups -OCH3 is 1. The largest absolute Gasteiger partial charge is 0.495 e. The number of ether oxygens (including phenoxy) is 2. The molecule has 2 aromatic carbocycles. The summed E-state index contributed by atoms with van der Waals surface area (Å²) in [5.41, 5.74) is 14.1. The molecule has 1 amide bonds. The number of rotatable bonds is 8. The zero-order chi connectivity index (χ0) is 19.1. The lowest BCUT2D eigenvalue weighted by atomic mass is 10.1. The molecule has 0 fully saturated rings. The average Bonchev–Trinajstić information content (AvgIpc) is 2.64. The van der Waals surface area contributed by atoms with E-state index in [-0.39, 0.29) is 5.91 Å². The number of hydrogen-bond donors (Lipinski definition) is 2. The first kappa shape index (κ1) is 19.6. The highest BCUT2D eigenvalue weighted by Gasteiger charge is 2.21. The second-order valence-electron chi connectivity index (χ2n) is 6.10. The molecule has 26 heavy (non-hydrogen) atoms. The molecule has 4 N–H and O–H groups in total. The van der Waals surface area contributed by atoms with Crippen LogP contribution in [0.25, 0.3) is 0 Å². The van der Waals surface area contributed by atoms with Gasteiger partial charge in [-0.2, -0.15) is 0 Å². The molecule has 0 aromatic heterocycles. The first-order valence-electron chi connectivity index (χ1n) is 8.63. The number of amides is 1. The molecule has 0 spiro atoms. The summed E-state index contributed by atoms with van der Waals surface area (Å²) in [6, 6.07) is 10.9. The van der Waals surface area contributed by atoms with Gasteiger partial charge in [0.05, 0.1) is 30.7 Å². The Balaban J connectivity index is 2.28. The second kappa shape index (κ2) is 9.10. The number of aryl methyl sites for hydroxylation is 1. The molecule has 0 heterocycles. The number of unbranched alkanes of at least 4 members (excludes halogenated alkanes) is 1. The number of nitrogens with zero attached hydrogens (tertiary/aromatic N) is 1. The molecule has 0 aliphatic heterocycles. The van der Waals surface area contributed by atoms with Crippen molar-refractivity contribution in [2.75, 3.05) is 37.9 Å². The predicted molar refractivity (Wildman–Crippen MR) is 105 cm³/mol. The number of nitrogen functional groups attached to an aromatic ring is 1. The molecule has 0 saturated carbocycles. The Labute approximate surface area is 154 Å². The Morgan fingerprint density at radius 1 is 1.15 bits per heavy atom. The fourth-order valence-corrected chi connectivity index (χ4v) is 2.64. The topological polar surface area (TPSA) is 90.8 Å². The van der Waals surface area contributed by atoms with E-state index < -0.39 is 0 Å². The van der Waals surface area contributed by atoms with Crippen LogP contribution in [0.15, 0.2) is 36.4 Å².